The minimum Gasteiger partial charge on any atom is -0.368 e. The highest BCUT2D eigenvalue weighted by atomic mass is 32.1. The van der Waals surface area contributed by atoms with Gasteiger partial charge in [0, 0.05) is 30.8 Å². The summed E-state index contributed by atoms with van der Waals surface area (Å²) in [4.78, 5) is 24.3. The molecule has 1 saturated heterocycles. The smallest absolute Gasteiger partial charge is 0.253 e. The first-order valence-electron chi connectivity index (χ1n) is 8.31. The van der Waals surface area contributed by atoms with Crippen molar-refractivity contribution in [1.82, 2.24) is 15.5 Å². The van der Waals surface area contributed by atoms with Gasteiger partial charge in [-0.2, -0.15) is 0 Å². The molecule has 0 saturated carbocycles. The number of ether oxygens (including phenoxy) is 1. The Kier molecular flexibility index (Phi) is 5.89. The molecule has 2 aromatic rings. The van der Waals surface area contributed by atoms with E-state index >= 15 is 0 Å². The number of nitrogens with one attached hydrogen (secondary N) is 2. The zero-order valence-corrected chi connectivity index (χ0v) is 15.1. The predicted octanol–water partition coefficient (Wildman–Crippen LogP) is 2.08. The largest absolute Gasteiger partial charge is 0.368 e. The van der Waals surface area contributed by atoms with Gasteiger partial charge in [-0.05, 0) is 38.0 Å². The van der Waals surface area contributed by atoms with E-state index in [9.17, 15) is 14.0 Å². The number of aryl methyl sites for hydroxylation is 1. The maximum Gasteiger partial charge on any atom is 0.253 e. The molecule has 2 N–H and O–H groups in total. The maximum absolute atomic E-state index is 13.8. The molecule has 0 radical (unpaired) electrons. The lowest BCUT2D eigenvalue weighted by Gasteiger charge is -2.12. The topological polar surface area (TPSA) is 93.2 Å². The Labute approximate surface area is 154 Å². The molecule has 3 rings (SSSR count). The zero-order valence-electron chi connectivity index (χ0n) is 14.3. The van der Waals surface area contributed by atoms with E-state index in [-0.39, 0.29) is 17.2 Å². The van der Waals surface area contributed by atoms with Crippen LogP contribution in [-0.4, -0.2) is 41.3 Å². The van der Waals surface area contributed by atoms with E-state index < -0.39 is 17.8 Å². The van der Waals surface area contributed by atoms with Crippen LogP contribution in [0.25, 0.3) is 0 Å². The number of carbonyl (C=O) groups excluding carboxylic acids is 2. The van der Waals surface area contributed by atoms with Crippen molar-refractivity contribution in [1.29, 1.82) is 0 Å². The molecule has 0 aliphatic carbocycles. The molecule has 1 aliphatic rings. The van der Waals surface area contributed by atoms with Crippen molar-refractivity contribution >= 4 is 28.8 Å². The van der Waals surface area contributed by atoms with Crippen LogP contribution < -0.4 is 10.6 Å². The SMILES string of the molecule is Cc1nnc(CCNC(=O)c2cc(F)cc(NC(=O)[C@@H]3CCCO3)c2)s1. The first-order valence-corrected chi connectivity index (χ1v) is 9.13. The highest BCUT2D eigenvalue weighted by Gasteiger charge is 2.24. The van der Waals surface area contributed by atoms with Gasteiger partial charge in [-0.3, -0.25) is 9.59 Å². The highest BCUT2D eigenvalue weighted by molar-refractivity contribution is 7.11. The molecule has 7 nitrogen and oxygen atoms in total. The van der Waals surface area contributed by atoms with Crippen LogP contribution in [-0.2, 0) is 16.0 Å². The monoisotopic (exact) mass is 378 g/mol. The Hall–Kier alpha value is -2.39. The quantitative estimate of drug-likeness (QED) is 0.803. The lowest BCUT2D eigenvalue weighted by atomic mass is 10.1. The van der Waals surface area contributed by atoms with Gasteiger partial charge in [0.15, 0.2) is 0 Å². The van der Waals surface area contributed by atoms with Crippen LogP contribution in [0.15, 0.2) is 18.2 Å². The molecular weight excluding hydrogens is 359 g/mol. The predicted molar refractivity (Wildman–Crippen MR) is 94.7 cm³/mol. The molecule has 1 aliphatic heterocycles. The maximum atomic E-state index is 13.8. The Morgan fingerprint density at radius 3 is 2.88 bits per heavy atom. The Bertz CT molecular complexity index is 805. The van der Waals surface area contributed by atoms with Crippen molar-refractivity contribution < 1.29 is 18.7 Å². The summed E-state index contributed by atoms with van der Waals surface area (Å²) >= 11 is 1.47. The minimum absolute atomic E-state index is 0.140. The molecule has 26 heavy (non-hydrogen) atoms. The number of hydrogen-bond acceptors (Lipinski definition) is 6. The number of carbonyl (C=O) groups is 2. The fourth-order valence-electron chi connectivity index (χ4n) is 2.62. The van der Waals surface area contributed by atoms with Crippen LogP contribution >= 0.6 is 11.3 Å². The van der Waals surface area contributed by atoms with E-state index in [2.05, 4.69) is 20.8 Å². The van der Waals surface area contributed by atoms with Crippen molar-refractivity contribution in [2.75, 3.05) is 18.5 Å². The van der Waals surface area contributed by atoms with Gasteiger partial charge >= 0.3 is 0 Å². The average Bonchev–Trinajstić information content (AvgIpc) is 3.26. The van der Waals surface area contributed by atoms with Crippen LogP contribution in [0.4, 0.5) is 10.1 Å². The van der Waals surface area contributed by atoms with E-state index in [0.29, 0.717) is 26.0 Å². The summed E-state index contributed by atoms with van der Waals surface area (Å²) < 4.78 is 19.1. The van der Waals surface area contributed by atoms with Crippen molar-refractivity contribution in [2.24, 2.45) is 0 Å². The summed E-state index contributed by atoms with van der Waals surface area (Å²) in [5.74, 6) is -1.34. The van der Waals surface area contributed by atoms with Crippen molar-refractivity contribution in [3.8, 4) is 0 Å². The molecule has 1 aromatic carbocycles. The summed E-state index contributed by atoms with van der Waals surface area (Å²) in [6, 6.07) is 3.75. The number of halogens is 1. The van der Waals surface area contributed by atoms with E-state index in [1.165, 1.54) is 23.5 Å². The normalized spacial score (nSPS) is 16.5. The third kappa shape index (κ3) is 4.83. The molecule has 1 fully saturated rings. The summed E-state index contributed by atoms with van der Waals surface area (Å²) in [5, 5.41) is 14.9. The van der Waals surface area contributed by atoms with Gasteiger partial charge in [0.05, 0.1) is 0 Å². The van der Waals surface area contributed by atoms with E-state index in [1.54, 1.807) is 0 Å². The lowest BCUT2D eigenvalue weighted by molar-refractivity contribution is -0.124. The summed E-state index contributed by atoms with van der Waals surface area (Å²) in [7, 11) is 0. The van der Waals surface area contributed by atoms with Gasteiger partial charge in [0.25, 0.3) is 11.8 Å². The fraction of sp³-hybridized carbons (Fsp3) is 0.412. The highest BCUT2D eigenvalue weighted by Crippen LogP contribution is 2.18. The van der Waals surface area contributed by atoms with Gasteiger partial charge < -0.3 is 15.4 Å². The number of hydrogen-bond donors (Lipinski definition) is 2. The molecule has 0 bridgehead atoms. The minimum atomic E-state index is -0.597. The second-order valence-electron chi connectivity index (χ2n) is 5.94. The molecule has 2 heterocycles. The lowest BCUT2D eigenvalue weighted by Crippen LogP contribution is -2.28. The molecule has 0 unspecified atom stereocenters. The van der Waals surface area contributed by atoms with E-state index in [4.69, 9.17) is 4.74 Å². The third-order valence-corrected chi connectivity index (χ3v) is 4.74. The average molecular weight is 378 g/mol. The second kappa shape index (κ2) is 8.33. The molecule has 2 amide bonds. The standard InChI is InChI=1S/C17H19FN4O3S/c1-10-21-22-15(26-10)4-5-19-16(23)11-7-12(18)9-13(8-11)20-17(24)14-3-2-6-25-14/h7-9,14H,2-6H2,1H3,(H,19,23)(H,20,24)/t14-/m0/s1. The Balaban J connectivity index is 1.58. The van der Waals surface area contributed by atoms with Crippen molar-refractivity contribution in [2.45, 2.75) is 32.3 Å². The van der Waals surface area contributed by atoms with Gasteiger partial charge in [-0.25, -0.2) is 4.39 Å². The summed E-state index contributed by atoms with van der Waals surface area (Å²) in [6.07, 6.45) is 1.49. The molecule has 138 valence electrons. The number of rotatable bonds is 6. The fourth-order valence-corrected chi connectivity index (χ4v) is 3.33. The van der Waals surface area contributed by atoms with Crippen LogP contribution in [0.3, 0.4) is 0 Å². The van der Waals surface area contributed by atoms with Gasteiger partial charge in [-0.1, -0.05) is 0 Å². The Morgan fingerprint density at radius 2 is 2.19 bits per heavy atom. The molecular formula is C17H19FN4O3S. The van der Waals surface area contributed by atoms with Crippen LogP contribution in [0.2, 0.25) is 0 Å². The van der Waals surface area contributed by atoms with Crippen molar-refractivity contribution in [3.63, 3.8) is 0 Å². The first-order chi connectivity index (χ1) is 12.5. The number of nitrogens with zero attached hydrogens (tertiary/aromatic N) is 2. The molecule has 1 aromatic heterocycles. The van der Waals surface area contributed by atoms with E-state index in [1.807, 2.05) is 6.92 Å². The number of benzene rings is 1. The molecule has 9 heteroatoms. The summed E-state index contributed by atoms with van der Waals surface area (Å²) in [6.45, 7) is 2.77. The van der Waals surface area contributed by atoms with Crippen LogP contribution in [0.1, 0.15) is 33.2 Å². The van der Waals surface area contributed by atoms with Crippen LogP contribution in [0.5, 0.6) is 0 Å². The number of amides is 2. The van der Waals surface area contributed by atoms with Gasteiger partial charge in [0.1, 0.15) is 21.9 Å². The Morgan fingerprint density at radius 1 is 1.35 bits per heavy atom. The van der Waals surface area contributed by atoms with Gasteiger partial charge in [-0.15, -0.1) is 21.5 Å². The van der Waals surface area contributed by atoms with E-state index in [0.717, 1.165) is 22.5 Å². The molecule has 0 spiro atoms. The first kappa shape index (κ1) is 18.4. The second-order valence-corrected chi connectivity index (χ2v) is 7.21. The third-order valence-electron chi connectivity index (χ3n) is 3.84. The summed E-state index contributed by atoms with van der Waals surface area (Å²) in [5.41, 5.74) is 0.372. The number of anilines is 1. The number of aromatic nitrogens is 2. The van der Waals surface area contributed by atoms with Crippen LogP contribution in [0, 0.1) is 12.7 Å². The van der Waals surface area contributed by atoms with Crippen molar-refractivity contribution in [3.05, 3.63) is 39.6 Å². The molecule has 1 atom stereocenters. The zero-order chi connectivity index (χ0) is 18.5. The van der Waals surface area contributed by atoms with Gasteiger partial charge in [0.2, 0.25) is 0 Å².